The quantitative estimate of drug-likeness (QED) is 0.692. The standard InChI is InChI=1S/C8H7N3O.C2H6/c1-5-9-7-3-2-6(12)4-8(7)11-10-5;1-2/h2-4,12H,1H3;1-2H3. The lowest BCUT2D eigenvalue weighted by atomic mass is 10.3. The van der Waals surface area contributed by atoms with Gasteiger partial charge in [0.05, 0.1) is 5.52 Å². The molecule has 14 heavy (non-hydrogen) atoms. The van der Waals surface area contributed by atoms with Gasteiger partial charge in [-0.25, -0.2) is 4.98 Å². The van der Waals surface area contributed by atoms with Gasteiger partial charge in [-0.3, -0.25) is 0 Å². The Balaban J connectivity index is 0.000000461. The van der Waals surface area contributed by atoms with Crippen LogP contribution in [0, 0.1) is 6.92 Å². The fourth-order valence-electron chi connectivity index (χ4n) is 1.01. The van der Waals surface area contributed by atoms with Crippen LogP contribution in [0.4, 0.5) is 0 Å². The van der Waals surface area contributed by atoms with Crippen LogP contribution in [0.25, 0.3) is 11.0 Å². The van der Waals surface area contributed by atoms with Gasteiger partial charge in [0.25, 0.3) is 0 Å². The number of nitrogens with zero attached hydrogens (tertiary/aromatic N) is 3. The Morgan fingerprint density at radius 2 is 1.79 bits per heavy atom. The average Bonchev–Trinajstić information content (AvgIpc) is 2.21. The van der Waals surface area contributed by atoms with Crippen LogP contribution in [0.5, 0.6) is 5.75 Å². The van der Waals surface area contributed by atoms with Crippen LogP contribution in [-0.2, 0) is 0 Å². The summed E-state index contributed by atoms with van der Waals surface area (Å²) in [4.78, 5) is 4.13. The summed E-state index contributed by atoms with van der Waals surface area (Å²) in [6.45, 7) is 5.78. The third kappa shape index (κ3) is 2.16. The fraction of sp³-hybridized carbons (Fsp3) is 0.300. The third-order valence-corrected chi connectivity index (χ3v) is 1.54. The summed E-state index contributed by atoms with van der Waals surface area (Å²) in [6, 6.07) is 4.83. The van der Waals surface area contributed by atoms with Gasteiger partial charge in [-0.2, -0.15) is 0 Å². The number of benzene rings is 1. The van der Waals surface area contributed by atoms with Crippen LogP contribution in [0.1, 0.15) is 19.7 Å². The van der Waals surface area contributed by atoms with Gasteiger partial charge < -0.3 is 5.11 Å². The van der Waals surface area contributed by atoms with Crippen LogP contribution in [-0.4, -0.2) is 20.3 Å². The summed E-state index contributed by atoms with van der Waals surface area (Å²) in [5.41, 5.74) is 1.36. The van der Waals surface area contributed by atoms with Gasteiger partial charge in [-0.15, -0.1) is 10.2 Å². The van der Waals surface area contributed by atoms with Crippen molar-refractivity contribution in [3.05, 3.63) is 24.0 Å². The molecule has 0 unspecified atom stereocenters. The second-order valence-corrected chi connectivity index (χ2v) is 2.53. The molecule has 0 atom stereocenters. The van der Waals surface area contributed by atoms with E-state index in [0.29, 0.717) is 11.3 Å². The van der Waals surface area contributed by atoms with Crippen molar-refractivity contribution >= 4 is 11.0 Å². The molecule has 0 amide bonds. The van der Waals surface area contributed by atoms with E-state index in [9.17, 15) is 0 Å². The summed E-state index contributed by atoms with van der Waals surface area (Å²) in [5.74, 6) is 0.815. The van der Waals surface area contributed by atoms with Crippen molar-refractivity contribution in [2.45, 2.75) is 20.8 Å². The van der Waals surface area contributed by atoms with E-state index < -0.39 is 0 Å². The molecular formula is C10H13N3O. The Morgan fingerprint density at radius 1 is 1.07 bits per heavy atom. The zero-order valence-electron chi connectivity index (χ0n) is 8.52. The van der Waals surface area contributed by atoms with Crippen molar-refractivity contribution in [2.75, 3.05) is 0 Å². The van der Waals surface area contributed by atoms with Gasteiger partial charge >= 0.3 is 0 Å². The number of phenolic OH excluding ortho intramolecular Hbond substituents is 1. The topological polar surface area (TPSA) is 58.9 Å². The number of fused-ring (bicyclic) bond motifs is 1. The Kier molecular flexibility index (Phi) is 3.34. The molecule has 74 valence electrons. The molecule has 0 bridgehead atoms. The maximum absolute atomic E-state index is 9.10. The smallest absolute Gasteiger partial charge is 0.148 e. The van der Waals surface area contributed by atoms with Crippen LogP contribution < -0.4 is 0 Å². The van der Waals surface area contributed by atoms with E-state index in [1.807, 2.05) is 13.8 Å². The first kappa shape index (κ1) is 10.4. The number of hydrogen-bond donors (Lipinski definition) is 1. The summed E-state index contributed by atoms with van der Waals surface area (Å²) in [6.07, 6.45) is 0. The molecule has 2 rings (SSSR count). The van der Waals surface area contributed by atoms with E-state index in [0.717, 1.165) is 5.52 Å². The maximum atomic E-state index is 9.10. The van der Waals surface area contributed by atoms with E-state index in [1.54, 1.807) is 19.1 Å². The van der Waals surface area contributed by atoms with Gasteiger partial charge in [-0.1, -0.05) is 13.8 Å². The largest absolute Gasteiger partial charge is 0.508 e. The fourth-order valence-corrected chi connectivity index (χ4v) is 1.01. The Bertz CT molecular complexity index is 387. The Hall–Kier alpha value is -1.71. The number of aromatic hydroxyl groups is 1. The van der Waals surface area contributed by atoms with Crippen molar-refractivity contribution in [1.29, 1.82) is 0 Å². The molecule has 4 heteroatoms. The van der Waals surface area contributed by atoms with Crippen LogP contribution in [0.3, 0.4) is 0 Å². The highest BCUT2D eigenvalue weighted by Crippen LogP contribution is 2.14. The first-order valence-electron chi connectivity index (χ1n) is 4.56. The molecule has 0 spiro atoms. The molecule has 0 saturated carbocycles. The SMILES string of the molecule is CC.Cc1nnc2cc(O)ccc2n1. The monoisotopic (exact) mass is 191 g/mol. The molecule has 0 aliphatic rings. The Labute approximate surface area is 82.6 Å². The molecule has 2 aromatic rings. The molecule has 0 saturated heterocycles. The summed E-state index contributed by atoms with van der Waals surface area (Å²) < 4.78 is 0. The highest BCUT2D eigenvalue weighted by molar-refractivity contribution is 5.74. The predicted molar refractivity (Wildman–Crippen MR) is 55.1 cm³/mol. The minimum atomic E-state index is 0.183. The van der Waals surface area contributed by atoms with Gasteiger partial charge in [0, 0.05) is 6.07 Å². The van der Waals surface area contributed by atoms with Crippen molar-refractivity contribution in [2.24, 2.45) is 0 Å². The molecule has 1 aromatic carbocycles. The zero-order valence-corrected chi connectivity index (χ0v) is 8.52. The molecular weight excluding hydrogens is 178 g/mol. The first-order valence-corrected chi connectivity index (χ1v) is 4.56. The van der Waals surface area contributed by atoms with Gasteiger partial charge in [0.1, 0.15) is 17.1 Å². The zero-order chi connectivity index (χ0) is 10.6. The number of rotatable bonds is 0. The molecule has 1 heterocycles. The van der Waals surface area contributed by atoms with Crippen molar-refractivity contribution < 1.29 is 5.11 Å². The molecule has 4 nitrogen and oxygen atoms in total. The van der Waals surface area contributed by atoms with Crippen molar-refractivity contribution in [1.82, 2.24) is 15.2 Å². The van der Waals surface area contributed by atoms with Crippen LogP contribution >= 0.6 is 0 Å². The second kappa shape index (κ2) is 4.50. The van der Waals surface area contributed by atoms with Gasteiger partial charge in [-0.05, 0) is 19.1 Å². The second-order valence-electron chi connectivity index (χ2n) is 2.53. The highest BCUT2D eigenvalue weighted by Gasteiger charge is 1.98. The van der Waals surface area contributed by atoms with Crippen LogP contribution in [0.15, 0.2) is 18.2 Å². The van der Waals surface area contributed by atoms with Gasteiger partial charge in [0.15, 0.2) is 0 Å². The lowest BCUT2D eigenvalue weighted by molar-refractivity contribution is 0.476. The number of aromatic nitrogens is 3. The lowest BCUT2D eigenvalue weighted by Crippen LogP contribution is -1.91. The van der Waals surface area contributed by atoms with E-state index in [4.69, 9.17) is 5.11 Å². The minimum Gasteiger partial charge on any atom is -0.508 e. The van der Waals surface area contributed by atoms with E-state index in [1.165, 1.54) is 6.07 Å². The van der Waals surface area contributed by atoms with E-state index >= 15 is 0 Å². The lowest BCUT2D eigenvalue weighted by Gasteiger charge is -1.96. The third-order valence-electron chi connectivity index (χ3n) is 1.54. The van der Waals surface area contributed by atoms with E-state index in [-0.39, 0.29) is 5.75 Å². The molecule has 0 aliphatic carbocycles. The maximum Gasteiger partial charge on any atom is 0.148 e. The molecule has 0 aliphatic heterocycles. The average molecular weight is 191 g/mol. The number of aryl methyl sites for hydroxylation is 1. The highest BCUT2D eigenvalue weighted by atomic mass is 16.3. The first-order chi connectivity index (χ1) is 6.75. The number of phenols is 1. The predicted octanol–water partition coefficient (Wildman–Crippen LogP) is 2.07. The summed E-state index contributed by atoms with van der Waals surface area (Å²) in [5, 5.41) is 16.7. The Morgan fingerprint density at radius 3 is 2.50 bits per heavy atom. The summed E-state index contributed by atoms with van der Waals surface area (Å²) in [7, 11) is 0. The van der Waals surface area contributed by atoms with Crippen molar-refractivity contribution in [3.63, 3.8) is 0 Å². The number of hydrogen-bond acceptors (Lipinski definition) is 4. The molecule has 1 aromatic heterocycles. The van der Waals surface area contributed by atoms with E-state index in [2.05, 4.69) is 15.2 Å². The van der Waals surface area contributed by atoms with Crippen LogP contribution in [0.2, 0.25) is 0 Å². The normalized spacial score (nSPS) is 9.36. The minimum absolute atomic E-state index is 0.183. The molecule has 0 radical (unpaired) electrons. The van der Waals surface area contributed by atoms with Gasteiger partial charge in [0.2, 0.25) is 0 Å². The van der Waals surface area contributed by atoms with Crippen molar-refractivity contribution in [3.8, 4) is 5.75 Å². The molecule has 0 fully saturated rings. The molecule has 1 N–H and O–H groups in total. The summed E-state index contributed by atoms with van der Waals surface area (Å²) >= 11 is 0.